The Kier molecular flexibility index (Phi) is 5.10. The lowest BCUT2D eigenvalue weighted by Gasteiger charge is -2.15. The number of carbonyl (C=O) groups is 1. The van der Waals surface area contributed by atoms with E-state index in [2.05, 4.69) is 12.2 Å². The van der Waals surface area contributed by atoms with Gasteiger partial charge in [-0.25, -0.2) is 0 Å². The summed E-state index contributed by atoms with van der Waals surface area (Å²) < 4.78 is 11.5. The van der Waals surface area contributed by atoms with Gasteiger partial charge in [0, 0.05) is 30.0 Å². The Morgan fingerprint density at radius 2 is 2.24 bits per heavy atom. The molecule has 1 aromatic rings. The second-order valence-corrected chi connectivity index (χ2v) is 5.66. The minimum atomic E-state index is 0.0336. The third kappa shape index (κ3) is 3.69. The van der Waals surface area contributed by atoms with Crippen molar-refractivity contribution in [3.05, 3.63) is 23.3 Å². The summed E-state index contributed by atoms with van der Waals surface area (Å²) in [6.07, 6.45) is 1.96. The molecule has 0 spiro atoms. The van der Waals surface area contributed by atoms with Crippen molar-refractivity contribution < 1.29 is 14.3 Å². The van der Waals surface area contributed by atoms with Gasteiger partial charge in [0.1, 0.15) is 17.6 Å². The Morgan fingerprint density at radius 3 is 2.90 bits per heavy atom. The lowest BCUT2D eigenvalue weighted by atomic mass is 10.1. The summed E-state index contributed by atoms with van der Waals surface area (Å²) in [6, 6.07) is 4.05. The van der Waals surface area contributed by atoms with Crippen LogP contribution in [0.4, 0.5) is 0 Å². The minimum absolute atomic E-state index is 0.0336. The number of hydrogen-bond donors (Lipinski definition) is 1. The van der Waals surface area contributed by atoms with Crippen LogP contribution in [0.2, 0.25) is 0 Å². The first-order chi connectivity index (χ1) is 10.0. The van der Waals surface area contributed by atoms with E-state index in [1.54, 1.807) is 0 Å². The molecule has 0 saturated carbocycles. The molecule has 0 unspecified atom stereocenters. The van der Waals surface area contributed by atoms with Crippen LogP contribution in [0, 0.1) is 5.92 Å². The van der Waals surface area contributed by atoms with Gasteiger partial charge < -0.3 is 14.8 Å². The monoisotopic (exact) mass is 291 g/mol. The van der Waals surface area contributed by atoms with Gasteiger partial charge >= 0.3 is 0 Å². The van der Waals surface area contributed by atoms with Gasteiger partial charge in [-0.2, -0.15) is 0 Å². The fourth-order valence-electron chi connectivity index (χ4n) is 2.45. The van der Waals surface area contributed by atoms with Crippen LogP contribution in [0.15, 0.2) is 12.1 Å². The largest absolute Gasteiger partial charge is 0.494 e. The normalized spacial score (nSPS) is 17.8. The summed E-state index contributed by atoms with van der Waals surface area (Å²) in [5.74, 6) is 1.87. The molecule has 2 atom stereocenters. The van der Waals surface area contributed by atoms with Crippen LogP contribution in [0.5, 0.6) is 11.5 Å². The second-order valence-electron chi connectivity index (χ2n) is 5.66. The summed E-state index contributed by atoms with van der Waals surface area (Å²) in [7, 11) is 0. The number of ether oxygens (including phenoxy) is 2. The maximum absolute atomic E-state index is 11.9. The van der Waals surface area contributed by atoms with Crippen molar-refractivity contribution >= 4 is 5.91 Å². The molecule has 0 aromatic heterocycles. The van der Waals surface area contributed by atoms with Crippen molar-refractivity contribution in [3.8, 4) is 11.5 Å². The first-order valence-electron chi connectivity index (χ1n) is 7.78. The lowest BCUT2D eigenvalue weighted by molar-refractivity contribution is -0.124. The lowest BCUT2D eigenvalue weighted by Crippen LogP contribution is -2.28. The Labute approximate surface area is 126 Å². The average Bonchev–Trinajstić information content (AvgIpc) is 2.82. The molecule has 0 aliphatic carbocycles. The summed E-state index contributed by atoms with van der Waals surface area (Å²) in [4.78, 5) is 11.9. The number of fused-ring (bicyclic) bond motifs is 1. The molecule has 116 valence electrons. The summed E-state index contributed by atoms with van der Waals surface area (Å²) >= 11 is 0. The number of amides is 1. The van der Waals surface area contributed by atoms with Gasteiger partial charge in [-0.15, -0.1) is 0 Å². The first kappa shape index (κ1) is 15.7. The number of carbonyl (C=O) groups excluding carboxylic acids is 1. The van der Waals surface area contributed by atoms with E-state index in [4.69, 9.17) is 9.47 Å². The fourth-order valence-corrected chi connectivity index (χ4v) is 2.45. The van der Waals surface area contributed by atoms with Gasteiger partial charge in [-0.3, -0.25) is 4.79 Å². The first-order valence-corrected chi connectivity index (χ1v) is 7.78. The third-order valence-corrected chi connectivity index (χ3v) is 3.89. The molecule has 1 aromatic carbocycles. The molecule has 1 aliphatic rings. The molecule has 21 heavy (non-hydrogen) atoms. The van der Waals surface area contributed by atoms with E-state index in [-0.39, 0.29) is 17.9 Å². The molecular weight excluding hydrogens is 266 g/mol. The van der Waals surface area contributed by atoms with Gasteiger partial charge in [-0.05, 0) is 32.4 Å². The van der Waals surface area contributed by atoms with Crippen molar-refractivity contribution in [1.29, 1.82) is 0 Å². The highest BCUT2D eigenvalue weighted by molar-refractivity contribution is 5.78. The van der Waals surface area contributed by atoms with Crippen LogP contribution >= 0.6 is 0 Å². The van der Waals surface area contributed by atoms with E-state index in [1.165, 1.54) is 5.56 Å². The number of nitrogens with one attached hydrogen (secondary N) is 1. The maximum atomic E-state index is 11.9. The number of benzene rings is 1. The van der Waals surface area contributed by atoms with Crippen LogP contribution in [-0.2, 0) is 17.8 Å². The topological polar surface area (TPSA) is 47.6 Å². The molecule has 1 N–H and O–H groups in total. The fraction of sp³-hybridized carbons (Fsp3) is 0.588. The van der Waals surface area contributed by atoms with Crippen molar-refractivity contribution in [1.82, 2.24) is 5.32 Å². The van der Waals surface area contributed by atoms with Gasteiger partial charge in [0.05, 0.1) is 6.61 Å². The SMILES string of the molecule is CCOc1cc2c(cc1CNC(=O)[C@@H](C)CC)O[C@@H](C)C2. The molecule has 1 amide bonds. The molecule has 0 saturated heterocycles. The van der Waals surface area contributed by atoms with Crippen molar-refractivity contribution in [2.75, 3.05) is 6.61 Å². The maximum Gasteiger partial charge on any atom is 0.223 e. The Morgan fingerprint density at radius 1 is 1.48 bits per heavy atom. The third-order valence-electron chi connectivity index (χ3n) is 3.89. The van der Waals surface area contributed by atoms with E-state index in [0.717, 1.165) is 29.9 Å². The Hall–Kier alpha value is -1.71. The van der Waals surface area contributed by atoms with E-state index < -0.39 is 0 Å². The number of rotatable bonds is 6. The zero-order valence-corrected chi connectivity index (χ0v) is 13.4. The quantitative estimate of drug-likeness (QED) is 0.876. The standard InChI is InChI=1S/C17H25NO3/c1-5-11(3)17(19)18-10-14-9-16-13(7-12(4)21-16)8-15(14)20-6-2/h8-9,11-12H,5-7,10H2,1-4H3,(H,18,19)/t11-,12-/m0/s1. The van der Waals surface area contributed by atoms with Gasteiger partial charge in [0.2, 0.25) is 5.91 Å². The highest BCUT2D eigenvalue weighted by Gasteiger charge is 2.22. The smallest absolute Gasteiger partial charge is 0.223 e. The highest BCUT2D eigenvalue weighted by Crippen LogP contribution is 2.35. The van der Waals surface area contributed by atoms with Crippen LogP contribution in [0.25, 0.3) is 0 Å². The summed E-state index contributed by atoms with van der Waals surface area (Å²) in [5, 5.41) is 2.98. The van der Waals surface area contributed by atoms with Crippen molar-refractivity contribution in [2.24, 2.45) is 5.92 Å². The van der Waals surface area contributed by atoms with Crippen molar-refractivity contribution in [3.63, 3.8) is 0 Å². The molecule has 2 rings (SSSR count). The zero-order chi connectivity index (χ0) is 15.4. The van der Waals surface area contributed by atoms with Gasteiger partial charge in [0.15, 0.2) is 0 Å². The molecule has 4 nitrogen and oxygen atoms in total. The van der Waals surface area contributed by atoms with Crippen LogP contribution in [0.1, 0.15) is 45.2 Å². The van der Waals surface area contributed by atoms with E-state index in [9.17, 15) is 4.79 Å². The summed E-state index contributed by atoms with van der Waals surface area (Å²) in [6.45, 7) is 9.07. The predicted octanol–water partition coefficient (Wildman–Crippen LogP) is 3.07. The van der Waals surface area contributed by atoms with E-state index in [1.807, 2.05) is 32.9 Å². The zero-order valence-electron chi connectivity index (χ0n) is 13.4. The second kappa shape index (κ2) is 6.83. The molecular formula is C17H25NO3. The Balaban J connectivity index is 2.14. The molecule has 0 fully saturated rings. The molecule has 0 radical (unpaired) electrons. The van der Waals surface area contributed by atoms with Crippen molar-refractivity contribution in [2.45, 2.75) is 53.2 Å². The highest BCUT2D eigenvalue weighted by atomic mass is 16.5. The van der Waals surface area contributed by atoms with Crippen LogP contribution in [0.3, 0.4) is 0 Å². The number of hydrogen-bond acceptors (Lipinski definition) is 3. The van der Waals surface area contributed by atoms with Crippen LogP contribution in [-0.4, -0.2) is 18.6 Å². The van der Waals surface area contributed by atoms with Crippen LogP contribution < -0.4 is 14.8 Å². The average molecular weight is 291 g/mol. The van der Waals surface area contributed by atoms with Gasteiger partial charge in [-0.1, -0.05) is 13.8 Å². The predicted molar refractivity (Wildman–Crippen MR) is 82.7 cm³/mol. The molecule has 0 bridgehead atoms. The minimum Gasteiger partial charge on any atom is -0.494 e. The molecule has 1 heterocycles. The summed E-state index contributed by atoms with van der Waals surface area (Å²) in [5.41, 5.74) is 2.16. The molecule has 4 heteroatoms. The molecule has 1 aliphatic heterocycles. The van der Waals surface area contributed by atoms with Gasteiger partial charge in [0.25, 0.3) is 0 Å². The Bertz CT molecular complexity index is 513. The van der Waals surface area contributed by atoms with E-state index in [0.29, 0.717) is 13.2 Å². The van der Waals surface area contributed by atoms with E-state index >= 15 is 0 Å².